The van der Waals surface area contributed by atoms with Crippen molar-refractivity contribution in [3.05, 3.63) is 11.5 Å². The summed E-state index contributed by atoms with van der Waals surface area (Å²) < 4.78 is 9.99. The lowest BCUT2D eigenvalue weighted by molar-refractivity contribution is -0.155. The largest absolute Gasteiger partial charge is 0.499 e. The Morgan fingerprint density at radius 1 is 0.848 bits per heavy atom. The molecule has 1 unspecified atom stereocenters. The molecule has 0 aromatic rings. The third kappa shape index (κ3) is 11.4. The van der Waals surface area contributed by atoms with Crippen molar-refractivity contribution in [2.45, 2.75) is 135 Å². The van der Waals surface area contributed by atoms with Gasteiger partial charge in [0.15, 0.2) is 17.6 Å². The van der Waals surface area contributed by atoms with E-state index in [-0.39, 0.29) is 18.8 Å². The SMILES string of the molecule is CCCCCCCCCCCCCCCCCC(=O)C(O)[C@H](O)[C@H]1OC(=O)C(O)=C1OCC. The first-order valence-electron chi connectivity index (χ1n) is 13.1. The van der Waals surface area contributed by atoms with Crippen LogP contribution in [0.1, 0.15) is 117 Å². The molecule has 0 saturated heterocycles. The molecule has 7 nitrogen and oxygen atoms in total. The molecule has 0 saturated carbocycles. The first kappa shape index (κ1) is 29.4. The molecule has 1 aliphatic heterocycles. The van der Waals surface area contributed by atoms with Crippen molar-refractivity contribution < 1.29 is 34.4 Å². The van der Waals surface area contributed by atoms with Crippen LogP contribution < -0.4 is 0 Å². The van der Waals surface area contributed by atoms with Gasteiger partial charge in [0.25, 0.3) is 0 Å². The van der Waals surface area contributed by atoms with Gasteiger partial charge in [0.1, 0.15) is 12.2 Å². The maximum absolute atomic E-state index is 12.2. The van der Waals surface area contributed by atoms with Gasteiger partial charge in [0, 0.05) is 6.42 Å². The van der Waals surface area contributed by atoms with Crippen molar-refractivity contribution in [1.82, 2.24) is 0 Å². The predicted molar refractivity (Wildman–Crippen MR) is 128 cm³/mol. The van der Waals surface area contributed by atoms with Crippen LogP contribution in [0, 0.1) is 0 Å². The molecule has 0 amide bonds. The van der Waals surface area contributed by atoms with Gasteiger partial charge in [-0.1, -0.05) is 96.8 Å². The van der Waals surface area contributed by atoms with Crippen molar-refractivity contribution in [3.63, 3.8) is 0 Å². The van der Waals surface area contributed by atoms with Crippen molar-refractivity contribution in [2.24, 2.45) is 0 Å². The summed E-state index contributed by atoms with van der Waals surface area (Å²) in [5.41, 5.74) is 0. The highest BCUT2D eigenvalue weighted by atomic mass is 16.6. The van der Waals surface area contributed by atoms with E-state index < -0.39 is 35.8 Å². The molecular formula is C26H46O7. The molecule has 192 valence electrons. The molecule has 0 bridgehead atoms. The number of unbranched alkanes of at least 4 members (excludes halogenated alkanes) is 14. The average molecular weight is 471 g/mol. The molecule has 1 heterocycles. The van der Waals surface area contributed by atoms with Crippen LogP contribution in [0.3, 0.4) is 0 Å². The van der Waals surface area contributed by atoms with Crippen LogP contribution in [0.25, 0.3) is 0 Å². The highest BCUT2D eigenvalue weighted by molar-refractivity contribution is 5.89. The highest BCUT2D eigenvalue weighted by Crippen LogP contribution is 2.26. The van der Waals surface area contributed by atoms with Gasteiger partial charge >= 0.3 is 5.97 Å². The fourth-order valence-electron chi connectivity index (χ4n) is 4.17. The first-order valence-corrected chi connectivity index (χ1v) is 13.1. The Morgan fingerprint density at radius 2 is 1.30 bits per heavy atom. The normalized spacial score (nSPS) is 17.8. The third-order valence-corrected chi connectivity index (χ3v) is 6.21. The maximum Gasteiger partial charge on any atom is 0.378 e. The number of hydrogen-bond acceptors (Lipinski definition) is 7. The summed E-state index contributed by atoms with van der Waals surface area (Å²) in [6.45, 7) is 4.03. The summed E-state index contributed by atoms with van der Waals surface area (Å²) in [6, 6.07) is 0. The average Bonchev–Trinajstić information content (AvgIpc) is 3.09. The zero-order valence-corrected chi connectivity index (χ0v) is 20.7. The summed E-state index contributed by atoms with van der Waals surface area (Å²) in [7, 11) is 0. The molecule has 1 aliphatic rings. The van der Waals surface area contributed by atoms with E-state index in [1.807, 2.05) is 0 Å². The van der Waals surface area contributed by atoms with Gasteiger partial charge in [-0.2, -0.15) is 0 Å². The monoisotopic (exact) mass is 470 g/mol. The number of aliphatic hydroxyl groups is 3. The quantitative estimate of drug-likeness (QED) is 0.155. The van der Waals surface area contributed by atoms with Gasteiger partial charge in [0.2, 0.25) is 5.76 Å². The number of hydrogen-bond donors (Lipinski definition) is 3. The molecule has 0 aliphatic carbocycles. The topological polar surface area (TPSA) is 113 Å². The highest BCUT2D eigenvalue weighted by Gasteiger charge is 2.44. The van der Waals surface area contributed by atoms with E-state index in [1.54, 1.807) is 6.92 Å². The summed E-state index contributed by atoms with van der Waals surface area (Å²) in [4.78, 5) is 23.7. The van der Waals surface area contributed by atoms with Crippen LogP contribution in [0.2, 0.25) is 0 Å². The Kier molecular flexibility index (Phi) is 15.9. The molecule has 1 rings (SSSR count). The van der Waals surface area contributed by atoms with E-state index in [0.717, 1.165) is 19.3 Å². The minimum Gasteiger partial charge on any atom is -0.499 e. The Hall–Kier alpha value is -1.60. The number of rotatable bonds is 21. The lowest BCUT2D eigenvalue weighted by Gasteiger charge is -2.23. The second-order valence-corrected chi connectivity index (χ2v) is 9.07. The number of carbonyl (C=O) groups is 2. The van der Waals surface area contributed by atoms with Crippen LogP contribution in [0.5, 0.6) is 0 Å². The van der Waals surface area contributed by atoms with Crippen LogP contribution in [-0.4, -0.2) is 52.0 Å². The van der Waals surface area contributed by atoms with Crippen molar-refractivity contribution in [1.29, 1.82) is 0 Å². The van der Waals surface area contributed by atoms with Crippen molar-refractivity contribution >= 4 is 11.8 Å². The molecule has 0 radical (unpaired) electrons. The third-order valence-electron chi connectivity index (χ3n) is 6.21. The summed E-state index contributed by atoms with van der Waals surface area (Å²) >= 11 is 0. The first-order chi connectivity index (χ1) is 15.9. The molecular weight excluding hydrogens is 424 g/mol. The van der Waals surface area contributed by atoms with Crippen LogP contribution in [0.15, 0.2) is 11.5 Å². The van der Waals surface area contributed by atoms with Gasteiger partial charge in [-0.25, -0.2) is 4.79 Å². The van der Waals surface area contributed by atoms with E-state index in [2.05, 4.69) is 6.92 Å². The molecule has 7 heteroatoms. The van der Waals surface area contributed by atoms with E-state index in [9.17, 15) is 24.9 Å². The number of ketones is 1. The van der Waals surface area contributed by atoms with Gasteiger partial charge in [-0.15, -0.1) is 0 Å². The number of aliphatic hydroxyl groups excluding tert-OH is 3. The fourth-order valence-corrected chi connectivity index (χ4v) is 4.17. The van der Waals surface area contributed by atoms with Gasteiger partial charge in [-0.3, -0.25) is 4.79 Å². The van der Waals surface area contributed by atoms with Crippen LogP contribution in [0.4, 0.5) is 0 Å². The number of ether oxygens (including phenoxy) is 2. The lowest BCUT2D eigenvalue weighted by atomic mass is 9.98. The van der Waals surface area contributed by atoms with Crippen LogP contribution in [-0.2, 0) is 19.1 Å². The Labute approximate surface area is 199 Å². The number of esters is 1. The second kappa shape index (κ2) is 17.8. The maximum atomic E-state index is 12.2. The standard InChI is InChI=1S/C26H46O7/c1-3-5-6-7-8-9-10-11-12-13-14-15-16-17-18-19-20(27)21(28)22(29)25-24(32-4-2)23(30)26(31)33-25/h21-22,25,28-30H,3-19H2,1-2H3/t21?,22-,25+/m0/s1. The van der Waals surface area contributed by atoms with Crippen molar-refractivity contribution in [3.8, 4) is 0 Å². The van der Waals surface area contributed by atoms with E-state index in [0.29, 0.717) is 6.42 Å². The molecule has 3 N–H and O–H groups in total. The van der Waals surface area contributed by atoms with Gasteiger partial charge in [0.05, 0.1) is 6.61 Å². The fraction of sp³-hybridized carbons (Fsp3) is 0.846. The van der Waals surface area contributed by atoms with E-state index in [1.165, 1.54) is 70.6 Å². The minimum absolute atomic E-state index is 0.141. The zero-order valence-electron chi connectivity index (χ0n) is 20.7. The van der Waals surface area contributed by atoms with Gasteiger partial charge in [-0.05, 0) is 13.3 Å². The molecule has 33 heavy (non-hydrogen) atoms. The number of carbonyl (C=O) groups excluding carboxylic acids is 2. The van der Waals surface area contributed by atoms with Crippen LogP contribution >= 0.6 is 0 Å². The summed E-state index contributed by atoms with van der Waals surface area (Å²) in [5.74, 6) is -2.52. The zero-order chi connectivity index (χ0) is 24.5. The number of Topliss-reactive ketones (excluding diaryl/α,β-unsaturated/α-hetero) is 1. The smallest absolute Gasteiger partial charge is 0.378 e. The van der Waals surface area contributed by atoms with E-state index in [4.69, 9.17) is 9.47 Å². The van der Waals surface area contributed by atoms with E-state index >= 15 is 0 Å². The minimum atomic E-state index is -1.70. The Balaban J connectivity index is 2.07. The lowest BCUT2D eigenvalue weighted by Crippen LogP contribution is -2.43. The second-order valence-electron chi connectivity index (χ2n) is 9.07. The number of cyclic esters (lactones) is 1. The molecule has 0 aromatic carbocycles. The van der Waals surface area contributed by atoms with Crippen molar-refractivity contribution in [2.75, 3.05) is 6.61 Å². The predicted octanol–water partition coefficient (Wildman–Crippen LogP) is 5.27. The molecule has 3 atom stereocenters. The Bertz CT molecular complexity index is 587. The van der Waals surface area contributed by atoms with Gasteiger partial charge < -0.3 is 24.8 Å². The molecule has 0 spiro atoms. The molecule has 0 aromatic heterocycles. The Morgan fingerprint density at radius 3 is 1.76 bits per heavy atom. The summed E-state index contributed by atoms with van der Waals surface area (Å²) in [6.07, 6.45) is 13.8. The summed E-state index contributed by atoms with van der Waals surface area (Å²) in [5, 5.41) is 30.1. The molecule has 0 fully saturated rings.